The lowest BCUT2D eigenvalue weighted by Crippen LogP contribution is -2.22. The molecule has 0 unspecified atom stereocenters. The minimum atomic E-state index is -3.92. The smallest absolute Gasteiger partial charge is 0.284 e. The number of rotatable bonds is 4. The van der Waals surface area contributed by atoms with E-state index in [1.54, 1.807) is 29.6 Å². The largest absolute Gasteiger partial charge is 0.307 e. The van der Waals surface area contributed by atoms with Gasteiger partial charge in [-0.25, -0.2) is 0 Å². The molecule has 7 nitrogen and oxygen atoms in total. The number of carbonyl (C=O) groups excluding carboxylic acids is 1. The van der Waals surface area contributed by atoms with Crippen molar-refractivity contribution in [1.82, 2.24) is 14.5 Å². The van der Waals surface area contributed by atoms with E-state index in [0.29, 0.717) is 29.2 Å². The van der Waals surface area contributed by atoms with E-state index in [4.69, 9.17) is 0 Å². The van der Waals surface area contributed by atoms with Gasteiger partial charge in [0, 0.05) is 18.7 Å². The lowest BCUT2D eigenvalue weighted by molar-refractivity contribution is 0.103. The normalized spacial score (nSPS) is 13.6. The van der Waals surface area contributed by atoms with Gasteiger partial charge in [-0.05, 0) is 36.1 Å². The maximum Gasteiger partial charge on any atom is 0.284 e. The van der Waals surface area contributed by atoms with Crippen LogP contribution >= 0.6 is 11.3 Å². The van der Waals surface area contributed by atoms with Crippen molar-refractivity contribution >= 4 is 33.1 Å². The number of hydrogen-bond donors (Lipinski definition) is 2. The van der Waals surface area contributed by atoms with E-state index in [1.165, 1.54) is 17.4 Å². The predicted molar refractivity (Wildman–Crippen MR) is 98.8 cm³/mol. The molecule has 1 aliphatic heterocycles. The molecule has 134 valence electrons. The van der Waals surface area contributed by atoms with Crippen LogP contribution in [-0.2, 0) is 23.1 Å². The molecule has 0 bridgehead atoms. The number of nitrogens with one attached hydrogen (secondary N) is 2. The van der Waals surface area contributed by atoms with Gasteiger partial charge in [0.2, 0.25) is 0 Å². The van der Waals surface area contributed by atoms with Crippen molar-refractivity contribution < 1.29 is 13.2 Å². The van der Waals surface area contributed by atoms with Crippen molar-refractivity contribution in [3.05, 3.63) is 63.5 Å². The van der Waals surface area contributed by atoms with Crippen LogP contribution < -0.4 is 10.6 Å². The Balaban J connectivity index is 1.81. The van der Waals surface area contributed by atoms with Crippen LogP contribution in [0.15, 0.2) is 46.7 Å². The molecule has 3 heterocycles. The maximum absolute atomic E-state index is 13.1. The quantitative estimate of drug-likeness (QED) is 0.716. The fourth-order valence-electron chi connectivity index (χ4n) is 2.86. The Hall–Kier alpha value is -2.49. The van der Waals surface area contributed by atoms with Gasteiger partial charge in [0.05, 0.1) is 15.5 Å². The molecule has 3 aromatic rings. The molecule has 1 aliphatic rings. The number of carbonyl (C=O) groups is 1. The van der Waals surface area contributed by atoms with Crippen LogP contribution in [-0.4, -0.2) is 23.5 Å². The van der Waals surface area contributed by atoms with Gasteiger partial charge in [-0.1, -0.05) is 18.2 Å². The SMILES string of the molecule is Cc1cccc(S(=O)(=O)n2nc3c(c2NC(=O)c2cccs2)CNC3)c1. The molecule has 0 atom stereocenters. The number of thiophene rings is 1. The van der Waals surface area contributed by atoms with Gasteiger partial charge in [-0.3, -0.25) is 4.79 Å². The van der Waals surface area contributed by atoms with Crippen molar-refractivity contribution in [2.24, 2.45) is 0 Å². The number of amides is 1. The Morgan fingerprint density at radius 1 is 1.27 bits per heavy atom. The Morgan fingerprint density at radius 2 is 2.12 bits per heavy atom. The second-order valence-corrected chi connectivity index (χ2v) is 8.69. The molecule has 0 saturated carbocycles. The van der Waals surface area contributed by atoms with Crippen molar-refractivity contribution in [3.8, 4) is 0 Å². The molecule has 1 amide bonds. The van der Waals surface area contributed by atoms with Crippen LogP contribution in [0.1, 0.15) is 26.5 Å². The number of anilines is 1. The highest BCUT2D eigenvalue weighted by Gasteiger charge is 2.30. The topological polar surface area (TPSA) is 93.1 Å². The van der Waals surface area contributed by atoms with E-state index in [2.05, 4.69) is 15.7 Å². The highest BCUT2D eigenvalue weighted by atomic mass is 32.2. The molecule has 9 heteroatoms. The minimum absolute atomic E-state index is 0.137. The summed E-state index contributed by atoms with van der Waals surface area (Å²) in [5.41, 5.74) is 2.16. The average molecular weight is 388 g/mol. The fourth-order valence-corrected chi connectivity index (χ4v) is 4.86. The first-order chi connectivity index (χ1) is 12.5. The molecule has 0 aliphatic carbocycles. The second kappa shape index (κ2) is 6.35. The number of fused-ring (bicyclic) bond motifs is 1. The van der Waals surface area contributed by atoms with Crippen molar-refractivity contribution in [2.45, 2.75) is 24.9 Å². The van der Waals surface area contributed by atoms with Gasteiger partial charge in [0.25, 0.3) is 15.9 Å². The molecule has 1 aromatic carbocycles. The van der Waals surface area contributed by atoms with Gasteiger partial charge in [-0.2, -0.15) is 13.5 Å². The molecule has 4 rings (SSSR count). The molecule has 0 fully saturated rings. The number of aromatic nitrogens is 2. The average Bonchev–Trinajstić information content (AvgIpc) is 3.33. The number of aryl methyl sites for hydroxylation is 1. The number of nitrogens with zero attached hydrogens (tertiary/aromatic N) is 2. The van der Waals surface area contributed by atoms with E-state index in [9.17, 15) is 13.2 Å². The Morgan fingerprint density at radius 3 is 2.85 bits per heavy atom. The summed E-state index contributed by atoms with van der Waals surface area (Å²) in [7, 11) is -3.92. The standard InChI is InChI=1S/C17H16N4O3S2/c1-11-4-2-5-12(8-11)26(23,24)21-16(13-9-18-10-14(13)20-21)19-17(22)15-6-3-7-25-15/h2-8,18H,9-10H2,1H3,(H,19,22). The van der Waals surface area contributed by atoms with E-state index in [-0.39, 0.29) is 16.6 Å². The summed E-state index contributed by atoms with van der Waals surface area (Å²) >= 11 is 1.29. The summed E-state index contributed by atoms with van der Waals surface area (Å²) in [6.07, 6.45) is 0. The van der Waals surface area contributed by atoms with E-state index >= 15 is 0 Å². The molecule has 0 radical (unpaired) electrons. The summed E-state index contributed by atoms with van der Waals surface area (Å²) in [5, 5.41) is 11.9. The third-order valence-corrected chi connectivity index (χ3v) is 6.56. The lowest BCUT2D eigenvalue weighted by Gasteiger charge is -2.11. The zero-order valence-electron chi connectivity index (χ0n) is 13.9. The summed E-state index contributed by atoms with van der Waals surface area (Å²) in [6, 6.07) is 10.1. The fraction of sp³-hybridized carbons (Fsp3) is 0.176. The summed E-state index contributed by atoms with van der Waals surface area (Å²) < 4.78 is 27.2. The molecule has 0 spiro atoms. The van der Waals surface area contributed by atoms with Gasteiger partial charge in [-0.15, -0.1) is 15.4 Å². The Bertz CT molecular complexity index is 1090. The third-order valence-electron chi connectivity index (χ3n) is 4.12. The van der Waals surface area contributed by atoms with Crippen LogP contribution in [0.25, 0.3) is 0 Å². The number of benzene rings is 1. The van der Waals surface area contributed by atoms with Gasteiger partial charge in [0.15, 0.2) is 5.82 Å². The molecular weight excluding hydrogens is 372 g/mol. The lowest BCUT2D eigenvalue weighted by atomic mass is 10.2. The zero-order chi connectivity index (χ0) is 18.3. The van der Waals surface area contributed by atoms with Crippen molar-refractivity contribution in [1.29, 1.82) is 0 Å². The predicted octanol–water partition coefficient (Wildman–Crippen LogP) is 2.35. The zero-order valence-corrected chi connectivity index (χ0v) is 15.5. The van der Waals surface area contributed by atoms with Gasteiger partial charge < -0.3 is 10.6 Å². The third kappa shape index (κ3) is 2.83. The number of hydrogen-bond acceptors (Lipinski definition) is 6. The summed E-state index contributed by atoms with van der Waals surface area (Å²) in [4.78, 5) is 13.1. The van der Waals surface area contributed by atoms with E-state index < -0.39 is 10.0 Å². The van der Waals surface area contributed by atoms with Crippen LogP contribution in [0.3, 0.4) is 0 Å². The monoisotopic (exact) mass is 388 g/mol. The maximum atomic E-state index is 13.1. The van der Waals surface area contributed by atoms with Crippen LogP contribution in [0.4, 0.5) is 5.82 Å². The first kappa shape index (κ1) is 17.0. The van der Waals surface area contributed by atoms with Crippen LogP contribution in [0.2, 0.25) is 0 Å². The molecule has 26 heavy (non-hydrogen) atoms. The first-order valence-corrected chi connectivity index (χ1v) is 10.3. The Kier molecular flexibility index (Phi) is 4.14. The van der Waals surface area contributed by atoms with Crippen molar-refractivity contribution in [3.63, 3.8) is 0 Å². The summed E-state index contributed by atoms with van der Waals surface area (Å²) in [6.45, 7) is 2.75. The van der Waals surface area contributed by atoms with E-state index in [1.807, 2.05) is 13.0 Å². The molecular formula is C17H16N4O3S2. The van der Waals surface area contributed by atoms with Crippen LogP contribution in [0, 0.1) is 6.92 Å². The first-order valence-electron chi connectivity index (χ1n) is 7.95. The van der Waals surface area contributed by atoms with Gasteiger partial charge >= 0.3 is 0 Å². The Labute approximate surface area is 154 Å². The van der Waals surface area contributed by atoms with Crippen LogP contribution in [0.5, 0.6) is 0 Å². The second-order valence-electron chi connectivity index (χ2n) is 5.97. The molecule has 2 N–H and O–H groups in total. The van der Waals surface area contributed by atoms with Crippen molar-refractivity contribution in [2.75, 3.05) is 5.32 Å². The summed E-state index contributed by atoms with van der Waals surface area (Å²) in [5.74, 6) is -0.153. The molecule has 0 saturated heterocycles. The van der Waals surface area contributed by atoms with Gasteiger partial charge in [0.1, 0.15) is 0 Å². The minimum Gasteiger partial charge on any atom is -0.307 e. The highest BCUT2D eigenvalue weighted by Crippen LogP contribution is 2.29. The highest BCUT2D eigenvalue weighted by molar-refractivity contribution is 7.90. The molecule has 2 aromatic heterocycles. The van der Waals surface area contributed by atoms with E-state index in [0.717, 1.165) is 9.65 Å².